The number of guanidine groups is 1. The first-order chi connectivity index (χ1) is 15.2. The summed E-state index contributed by atoms with van der Waals surface area (Å²) in [4.78, 5) is 8.63. The van der Waals surface area contributed by atoms with Gasteiger partial charge in [0.25, 0.3) is 0 Å². The minimum absolute atomic E-state index is 0.343. The van der Waals surface area contributed by atoms with Crippen LogP contribution < -0.4 is 15.8 Å². The molecule has 6 heteroatoms. The van der Waals surface area contributed by atoms with Gasteiger partial charge in [-0.1, -0.05) is 60.7 Å². The van der Waals surface area contributed by atoms with Crippen LogP contribution >= 0.6 is 0 Å². The number of ether oxygens (including phenoxy) is 1. The van der Waals surface area contributed by atoms with Crippen molar-refractivity contribution in [1.29, 1.82) is 0 Å². The van der Waals surface area contributed by atoms with E-state index in [1.807, 2.05) is 48.9 Å². The second kappa shape index (κ2) is 9.63. The Labute approximate surface area is 182 Å². The van der Waals surface area contributed by atoms with Crippen molar-refractivity contribution in [2.75, 3.05) is 12.4 Å². The minimum atomic E-state index is 0.343. The summed E-state index contributed by atoms with van der Waals surface area (Å²) in [6.07, 6.45) is 5.58. The second-order valence-corrected chi connectivity index (χ2v) is 7.12. The number of imidazole rings is 1. The summed E-state index contributed by atoms with van der Waals surface area (Å²) in [5.41, 5.74) is 11.5. The smallest absolute Gasteiger partial charge is 0.193 e. The van der Waals surface area contributed by atoms with Crippen molar-refractivity contribution in [3.05, 3.63) is 103 Å². The third kappa shape index (κ3) is 5.11. The lowest BCUT2D eigenvalue weighted by molar-refractivity contribution is 0.417. The molecule has 0 unspecified atom stereocenters. The first kappa shape index (κ1) is 20.2. The highest BCUT2D eigenvalue weighted by Crippen LogP contribution is 2.26. The van der Waals surface area contributed by atoms with Crippen LogP contribution in [0, 0.1) is 0 Å². The molecule has 0 aliphatic carbocycles. The van der Waals surface area contributed by atoms with Gasteiger partial charge in [-0.15, -0.1) is 0 Å². The van der Waals surface area contributed by atoms with Crippen molar-refractivity contribution in [1.82, 2.24) is 9.55 Å². The molecule has 1 aromatic heterocycles. The molecule has 0 aliphatic rings. The SMILES string of the molecule is COc1ccccc1NC(N)=NCc1ccccc1-c1ccc(Cn2ccnc2)cc1. The molecule has 0 atom stereocenters. The summed E-state index contributed by atoms with van der Waals surface area (Å²) in [6, 6.07) is 24.4. The summed E-state index contributed by atoms with van der Waals surface area (Å²) >= 11 is 0. The van der Waals surface area contributed by atoms with Gasteiger partial charge >= 0.3 is 0 Å². The van der Waals surface area contributed by atoms with Gasteiger partial charge in [-0.3, -0.25) is 0 Å². The summed E-state index contributed by atoms with van der Waals surface area (Å²) in [5, 5.41) is 3.11. The fourth-order valence-corrected chi connectivity index (χ4v) is 3.42. The lowest BCUT2D eigenvalue weighted by Crippen LogP contribution is -2.23. The molecule has 3 N–H and O–H groups in total. The van der Waals surface area contributed by atoms with Crippen LogP contribution in [0.15, 0.2) is 96.5 Å². The van der Waals surface area contributed by atoms with Crippen LogP contribution in [-0.2, 0) is 13.1 Å². The van der Waals surface area contributed by atoms with E-state index >= 15 is 0 Å². The Kier molecular flexibility index (Phi) is 6.28. The molecule has 1 heterocycles. The number of rotatable bonds is 7. The predicted molar refractivity (Wildman–Crippen MR) is 125 cm³/mol. The van der Waals surface area contributed by atoms with Crippen LogP contribution in [0.25, 0.3) is 11.1 Å². The maximum Gasteiger partial charge on any atom is 0.193 e. The molecule has 31 heavy (non-hydrogen) atoms. The maximum atomic E-state index is 6.13. The molecule has 0 spiro atoms. The summed E-state index contributed by atoms with van der Waals surface area (Å²) in [5.74, 6) is 1.06. The Morgan fingerprint density at radius 1 is 1.03 bits per heavy atom. The molecule has 0 bridgehead atoms. The van der Waals surface area contributed by atoms with Crippen molar-refractivity contribution >= 4 is 11.6 Å². The van der Waals surface area contributed by atoms with E-state index in [0.29, 0.717) is 12.5 Å². The van der Waals surface area contributed by atoms with E-state index in [-0.39, 0.29) is 0 Å². The zero-order valence-electron chi connectivity index (χ0n) is 17.4. The number of hydrogen-bond donors (Lipinski definition) is 2. The zero-order valence-corrected chi connectivity index (χ0v) is 17.4. The Morgan fingerprint density at radius 3 is 2.58 bits per heavy atom. The van der Waals surface area contributed by atoms with E-state index < -0.39 is 0 Å². The number of aromatic nitrogens is 2. The summed E-state index contributed by atoms with van der Waals surface area (Å²) < 4.78 is 7.40. The van der Waals surface area contributed by atoms with E-state index in [2.05, 4.69) is 56.3 Å². The van der Waals surface area contributed by atoms with Crippen LogP contribution in [-0.4, -0.2) is 22.6 Å². The van der Waals surface area contributed by atoms with E-state index in [1.54, 1.807) is 13.3 Å². The highest BCUT2D eigenvalue weighted by molar-refractivity contribution is 5.93. The van der Waals surface area contributed by atoms with E-state index in [1.165, 1.54) is 5.56 Å². The van der Waals surface area contributed by atoms with Crippen LogP contribution in [0.2, 0.25) is 0 Å². The molecule has 4 rings (SSSR count). The highest BCUT2D eigenvalue weighted by Gasteiger charge is 2.06. The van der Waals surface area contributed by atoms with Crippen molar-refractivity contribution in [2.45, 2.75) is 13.1 Å². The third-order valence-corrected chi connectivity index (χ3v) is 5.00. The lowest BCUT2D eigenvalue weighted by atomic mass is 9.98. The molecule has 6 nitrogen and oxygen atoms in total. The molecule has 0 amide bonds. The third-order valence-electron chi connectivity index (χ3n) is 5.00. The Hall–Kier alpha value is -4.06. The largest absolute Gasteiger partial charge is 0.495 e. The number of nitrogens with one attached hydrogen (secondary N) is 1. The summed E-state index contributed by atoms with van der Waals surface area (Å²) in [6.45, 7) is 1.28. The van der Waals surface area contributed by atoms with Crippen molar-refractivity contribution in [3.63, 3.8) is 0 Å². The number of hydrogen-bond acceptors (Lipinski definition) is 3. The topological polar surface area (TPSA) is 77.5 Å². The monoisotopic (exact) mass is 411 g/mol. The van der Waals surface area contributed by atoms with Gasteiger partial charge in [0.1, 0.15) is 5.75 Å². The molecule has 3 aromatic carbocycles. The second-order valence-electron chi connectivity index (χ2n) is 7.12. The molecule has 156 valence electrons. The Bertz CT molecular complexity index is 1150. The lowest BCUT2D eigenvalue weighted by Gasteiger charge is -2.12. The zero-order chi connectivity index (χ0) is 21.5. The average Bonchev–Trinajstić information content (AvgIpc) is 3.32. The summed E-state index contributed by atoms with van der Waals surface area (Å²) in [7, 11) is 1.63. The molecular weight excluding hydrogens is 386 g/mol. The molecule has 0 saturated carbocycles. The Morgan fingerprint density at radius 2 is 1.81 bits per heavy atom. The quantitative estimate of drug-likeness (QED) is 0.346. The Balaban J connectivity index is 1.49. The minimum Gasteiger partial charge on any atom is -0.495 e. The van der Waals surface area contributed by atoms with Crippen LogP contribution in [0.3, 0.4) is 0 Å². The van der Waals surface area contributed by atoms with Gasteiger partial charge in [0.15, 0.2) is 5.96 Å². The molecule has 0 aliphatic heterocycles. The van der Waals surface area contributed by atoms with Gasteiger partial charge in [-0.2, -0.15) is 0 Å². The van der Waals surface area contributed by atoms with Crippen molar-refractivity contribution in [3.8, 4) is 16.9 Å². The van der Waals surface area contributed by atoms with Gasteiger partial charge in [-0.25, -0.2) is 9.98 Å². The number of para-hydroxylation sites is 2. The first-order valence-corrected chi connectivity index (χ1v) is 10.1. The first-order valence-electron chi connectivity index (χ1n) is 10.1. The van der Waals surface area contributed by atoms with E-state index in [4.69, 9.17) is 10.5 Å². The standard InChI is InChI=1S/C25H25N5O/c1-31-24-9-5-4-8-23(24)29-25(26)28-16-21-6-2-3-7-22(21)20-12-10-19(11-13-20)17-30-15-14-27-18-30/h2-15,18H,16-17H2,1H3,(H3,26,28,29). The van der Waals surface area contributed by atoms with Gasteiger partial charge in [0.2, 0.25) is 0 Å². The van der Waals surface area contributed by atoms with E-state index in [9.17, 15) is 0 Å². The number of benzene rings is 3. The fraction of sp³-hybridized carbons (Fsp3) is 0.120. The average molecular weight is 412 g/mol. The van der Waals surface area contributed by atoms with Crippen molar-refractivity contribution in [2.24, 2.45) is 10.7 Å². The number of nitrogens with two attached hydrogens (primary N) is 1. The van der Waals surface area contributed by atoms with Crippen LogP contribution in [0.4, 0.5) is 5.69 Å². The van der Waals surface area contributed by atoms with Gasteiger partial charge < -0.3 is 20.4 Å². The highest BCUT2D eigenvalue weighted by atomic mass is 16.5. The molecule has 0 fully saturated rings. The number of anilines is 1. The predicted octanol–water partition coefficient (Wildman–Crippen LogP) is 4.53. The normalized spacial score (nSPS) is 11.3. The van der Waals surface area contributed by atoms with Gasteiger partial charge in [-0.05, 0) is 34.4 Å². The molecule has 4 aromatic rings. The maximum absolute atomic E-state index is 6.13. The van der Waals surface area contributed by atoms with Crippen molar-refractivity contribution < 1.29 is 4.74 Å². The number of aliphatic imine (C=N–C) groups is 1. The molecule has 0 radical (unpaired) electrons. The molecule has 0 saturated heterocycles. The van der Waals surface area contributed by atoms with Crippen LogP contribution in [0.5, 0.6) is 5.75 Å². The number of nitrogens with zero attached hydrogens (tertiary/aromatic N) is 3. The van der Waals surface area contributed by atoms with Gasteiger partial charge in [0.05, 0.1) is 25.7 Å². The van der Waals surface area contributed by atoms with E-state index in [0.717, 1.165) is 34.7 Å². The van der Waals surface area contributed by atoms with Gasteiger partial charge in [0, 0.05) is 18.9 Å². The fourth-order valence-electron chi connectivity index (χ4n) is 3.42. The molecular formula is C25H25N5O. The number of methoxy groups -OCH3 is 1. The van der Waals surface area contributed by atoms with Crippen LogP contribution in [0.1, 0.15) is 11.1 Å².